The van der Waals surface area contributed by atoms with Crippen LogP contribution in [-0.4, -0.2) is 31.6 Å². The lowest BCUT2D eigenvalue weighted by Gasteiger charge is -2.23. The molecule has 0 saturated carbocycles. The number of hydrogen-bond donors (Lipinski definition) is 4. The van der Waals surface area contributed by atoms with Gasteiger partial charge in [-0.3, -0.25) is 4.79 Å². The van der Waals surface area contributed by atoms with Gasteiger partial charge in [-0.1, -0.05) is 24.3 Å². The largest absolute Gasteiger partial charge is 0.356 e. The third-order valence-electron chi connectivity index (χ3n) is 4.54. The van der Waals surface area contributed by atoms with Crippen LogP contribution < -0.4 is 21.7 Å². The number of carbonyl (C=O) groups is 2. The number of primary amides is 1. The molecule has 6 nitrogen and oxygen atoms in total. The maximum atomic E-state index is 12.2. The Balaban J connectivity index is 0.00000312. The van der Waals surface area contributed by atoms with E-state index in [2.05, 4.69) is 16.0 Å². The van der Waals surface area contributed by atoms with Gasteiger partial charge in [0.25, 0.3) is 0 Å². The molecule has 1 heterocycles. The molecule has 0 radical (unpaired) electrons. The van der Waals surface area contributed by atoms with E-state index in [1.165, 1.54) is 12.8 Å². The summed E-state index contributed by atoms with van der Waals surface area (Å²) in [5, 5.41) is 9.02. The SMILES string of the molecule is Cc1ccccc1C(CC(=O)NCCC1CCCNC1)NC(N)=O.Cl. The smallest absolute Gasteiger partial charge is 0.312 e. The summed E-state index contributed by atoms with van der Waals surface area (Å²) < 4.78 is 0. The third kappa shape index (κ3) is 7.32. The molecule has 1 aromatic rings. The molecule has 0 aliphatic carbocycles. The maximum Gasteiger partial charge on any atom is 0.312 e. The zero-order chi connectivity index (χ0) is 17.4. The van der Waals surface area contributed by atoms with Gasteiger partial charge in [-0.15, -0.1) is 12.4 Å². The van der Waals surface area contributed by atoms with E-state index in [0.717, 1.165) is 30.6 Å². The summed E-state index contributed by atoms with van der Waals surface area (Å²) in [6.45, 7) is 4.76. The quantitative estimate of drug-likeness (QED) is 0.592. The van der Waals surface area contributed by atoms with Crippen LogP contribution in [-0.2, 0) is 4.79 Å². The van der Waals surface area contributed by atoms with Crippen molar-refractivity contribution in [2.24, 2.45) is 11.7 Å². The van der Waals surface area contributed by atoms with Crippen molar-refractivity contribution in [2.45, 2.75) is 38.6 Å². The third-order valence-corrected chi connectivity index (χ3v) is 4.54. The Morgan fingerprint density at radius 1 is 1.36 bits per heavy atom. The molecule has 2 rings (SSSR count). The van der Waals surface area contributed by atoms with Gasteiger partial charge in [-0.25, -0.2) is 4.79 Å². The molecule has 1 aliphatic rings. The number of carbonyl (C=O) groups excluding carboxylic acids is 2. The van der Waals surface area contributed by atoms with E-state index in [9.17, 15) is 9.59 Å². The van der Waals surface area contributed by atoms with Gasteiger partial charge >= 0.3 is 6.03 Å². The Bertz CT molecular complexity index is 562. The molecule has 1 saturated heterocycles. The molecular formula is C18H29ClN4O2. The highest BCUT2D eigenvalue weighted by Gasteiger charge is 2.19. The molecule has 1 fully saturated rings. The summed E-state index contributed by atoms with van der Waals surface area (Å²) in [5.74, 6) is 0.565. The van der Waals surface area contributed by atoms with Crippen molar-refractivity contribution in [1.82, 2.24) is 16.0 Å². The first-order valence-electron chi connectivity index (χ1n) is 8.65. The molecule has 25 heavy (non-hydrogen) atoms. The van der Waals surface area contributed by atoms with Crippen LogP contribution >= 0.6 is 12.4 Å². The zero-order valence-corrected chi connectivity index (χ0v) is 15.5. The van der Waals surface area contributed by atoms with E-state index in [-0.39, 0.29) is 24.7 Å². The highest BCUT2D eigenvalue weighted by Crippen LogP contribution is 2.20. The lowest BCUT2D eigenvalue weighted by molar-refractivity contribution is -0.121. The fourth-order valence-corrected chi connectivity index (χ4v) is 3.23. The topological polar surface area (TPSA) is 96.2 Å². The fourth-order valence-electron chi connectivity index (χ4n) is 3.23. The van der Waals surface area contributed by atoms with Crippen LogP contribution in [0.5, 0.6) is 0 Å². The summed E-state index contributed by atoms with van der Waals surface area (Å²) in [6.07, 6.45) is 3.60. The molecule has 1 aliphatic heterocycles. The average Bonchev–Trinajstić information content (AvgIpc) is 2.55. The number of nitrogens with two attached hydrogens (primary N) is 1. The van der Waals surface area contributed by atoms with Crippen molar-refractivity contribution < 1.29 is 9.59 Å². The fraction of sp³-hybridized carbons (Fsp3) is 0.556. The van der Waals surface area contributed by atoms with E-state index < -0.39 is 12.1 Å². The van der Waals surface area contributed by atoms with Crippen LogP contribution in [0.4, 0.5) is 4.79 Å². The second-order valence-electron chi connectivity index (χ2n) is 6.47. The Kier molecular flexibility index (Phi) is 9.31. The minimum atomic E-state index is -0.621. The standard InChI is InChI=1S/C18H28N4O2.ClH/c1-13-5-2-3-7-15(13)16(22-18(19)24)11-17(23)21-10-8-14-6-4-9-20-12-14;/h2-3,5,7,14,16,20H,4,6,8-12H2,1H3,(H,21,23)(H3,19,22,24);1H. The van der Waals surface area contributed by atoms with E-state index in [1.807, 2.05) is 31.2 Å². The molecule has 5 N–H and O–H groups in total. The summed E-state index contributed by atoms with van der Waals surface area (Å²) in [6, 6.07) is 6.67. The van der Waals surface area contributed by atoms with E-state index >= 15 is 0 Å². The average molecular weight is 369 g/mol. The molecule has 2 unspecified atom stereocenters. The zero-order valence-electron chi connectivity index (χ0n) is 14.7. The van der Waals surface area contributed by atoms with Crippen molar-refractivity contribution in [3.8, 4) is 0 Å². The van der Waals surface area contributed by atoms with Gasteiger partial charge in [0.15, 0.2) is 0 Å². The van der Waals surface area contributed by atoms with Crippen LogP contribution in [0.15, 0.2) is 24.3 Å². The van der Waals surface area contributed by atoms with Gasteiger partial charge in [-0.05, 0) is 56.3 Å². The molecule has 1 aromatic carbocycles. The molecule has 0 aromatic heterocycles. The predicted molar refractivity (Wildman–Crippen MR) is 102 cm³/mol. The first-order chi connectivity index (χ1) is 11.6. The number of aryl methyl sites for hydroxylation is 1. The minimum absolute atomic E-state index is 0. The molecule has 7 heteroatoms. The summed E-state index contributed by atoms with van der Waals surface area (Å²) in [5.41, 5.74) is 7.21. The molecule has 0 spiro atoms. The summed E-state index contributed by atoms with van der Waals surface area (Å²) in [4.78, 5) is 23.5. The van der Waals surface area contributed by atoms with Crippen molar-refractivity contribution in [1.29, 1.82) is 0 Å². The number of halogens is 1. The van der Waals surface area contributed by atoms with E-state index in [0.29, 0.717) is 12.5 Å². The van der Waals surface area contributed by atoms with Gasteiger partial charge in [0.1, 0.15) is 0 Å². The van der Waals surface area contributed by atoms with Crippen molar-refractivity contribution in [3.63, 3.8) is 0 Å². The normalized spacial score (nSPS) is 17.9. The number of rotatable bonds is 7. The van der Waals surface area contributed by atoms with E-state index in [1.54, 1.807) is 0 Å². The number of amides is 3. The van der Waals surface area contributed by atoms with Crippen molar-refractivity contribution in [2.75, 3.05) is 19.6 Å². The van der Waals surface area contributed by atoms with Crippen LogP contribution in [0.2, 0.25) is 0 Å². The first-order valence-corrected chi connectivity index (χ1v) is 8.65. The Morgan fingerprint density at radius 2 is 2.12 bits per heavy atom. The van der Waals surface area contributed by atoms with Crippen molar-refractivity contribution in [3.05, 3.63) is 35.4 Å². The highest BCUT2D eigenvalue weighted by atomic mass is 35.5. The number of hydrogen-bond acceptors (Lipinski definition) is 3. The van der Waals surface area contributed by atoms with Crippen LogP contribution in [0, 0.1) is 12.8 Å². The van der Waals surface area contributed by atoms with Gasteiger partial charge in [-0.2, -0.15) is 0 Å². The lowest BCUT2D eigenvalue weighted by Crippen LogP contribution is -2.38. The molecule has 2 atom stereocenters. The summed E-state index contributed by atoms with van der Waals surface area (Å²) in [7, 11) is 0. The van der Waals surface area contributed by atoms with Crippen LogP contribution in [0.1, 0.15) is 42.9 Å². The first kappa shape index (κ1) is 21.3. The van der Waals surface area contributed by atoms with Crippen LogP contribution in [0.3, 0.4) is 0 Å². The van der Waals surface area contributed by atoms with E-state index in [4.69, 9.17) is 5.73 Å². The monoisotopic (exact) mass is 368 g/mol. The minimum Gasteiger partial charge on any atom is -0.356 e. The Morgan fingerprint density at radius 3 is 2.76 bits per heavy atom. The second-order valence-corrected chi connectivity index (χ2v) is 6.47. The maximum absolute atomic E-state index is 12.2. The molecular weight excluding hydrogens is 340 g/mol. The van der Waals surface area contributed by atoms with Gasteiger partial charge < -0.3 is 21.7 Å². The molecule has 3 amide bonds. The second kappa shape index (κ2) is 10.9. The Hall–Kier alpha value is -1.79. The molecule has 0 bridgehead atoms. The van der Waals surface area contributed by atoms with Crippen molar-refractivity contribution >= 4 is 24.3 Å². The predicted octanol–water partition coefficient (Wildman–Crippen LogP) is 2.02. The van der Waals surface area contributed by atoms with Crippen LogP contribution in [0.25, 0.3) is 0 Å². The number of urea groups is 1. The number of piperidine rings is 1. The van der Waals surface area contributed by atoms with Gasteiger partial charge in [0, 0.05) is 6.54 Å². The van der Waals surface area contributed by atoms with Gasteiger partial charge in [0.2, 0.25) is 5.91 Å². The number of nitrogens with one attached hydrogen (secondary N) is 3. The number of benzene rings is 1. The molecule has 140 valence electrons. The highest BCUT2D eigenvalue weighted by molar-refractivity contribution is 5.85. The summed E-state index contributed by atoms with van der Waals surface area (Å²) >= 11 is 0. The Labute approximate surface area is 155 Å². The van der Waals surface area contributed by atoms with Gasteiger partial charge in [0.05, 0.1) is 12.5 Å². The lowest BCUT2D eigenvalue weighted by atomic mass is 9.96.